The molecule has 0 radical (unpaired) electrons. The Bertz CT molecular complexity index is 507. The quantitative estimate of drug-likeness (QED) is 0.905. The number of ether oxygens (including phenoxy) is 1. The zero-order valence-electron chi connectivity index (χ0n) is 13.9. The number of hydrogen-bond donors (Lipinski definition) is 1. The largest absolute Gasteiger partial charge is 0.481 e. The first kappa shape index (κ1) is 18.0. The Hall–Kier alpha value is -2.04. The van der Waals surface area contributed by atoms with Crippen molar-refractivity contribution >= 4 is 12.1 Å². The molecule has 0 aromatic heterocycles. The van der Waals surface area contributed by atoms with E-state index >= 15 is 0 Å². The maximum atomic E-state index is 12.0. The minimum Gasteiger partial charge on any atom is -0.481 e. The Morgan fingerprint density at radius 3 is 2.23 bits per heavy atom. The molecule has 0 saturated heterocycles. The van der Waals surface area contributed by atoms with Gasteiger partial charge in [-0.1, -0.05) is 37.3 Å². The van der Waals surface area contributed by atoms with Crippen molar-refractivity contribution in [1.82, 2.24) is 4.90 Å². The van der Waals surface area contributed by atoms with Crippen LogP contribution in [0.3, 0.4) is 0 Å². The van der Waals surface area contributed by atoms with Crippen molar-refractivity contribution < 1.29 is 19.4 Å². The summed E-state index contributed by atoms with van der Waals surface area (Å²) in [6, 6.07) is 9.44. The number of carbonyl (C=O) groups excluding carboxylic acids is 1. The van der Waals surface area contributed by atoms with Gasteiger partial charge in [0.1, 0.15) is 5.60 Å². The second-order valence-electron chi connectivity index (χ2n) is 6.50. The van der Waals surface area contributed by atoms with Gasteiger partial charge in [-0.2, -0.15) is 0 Å². The van der Waals surface area contributed by atoms with E-state index in [0.29, 0.717) is 0 Å². The molecular weight excluding hydrogens is 282 g/mol. The van der Waals surface area contributed by atoms with Gasteiger partial charge in [-0.05, 0) is 32.3 Å². The van der Waals surface area contributed by atoms with Crippen LogP contribution in [-0.2, 0) is 9.53 Å². The highest BCUT2D eigenvalue weighted by atomic mass is 16.6. The molecule has 0 unspecified atom stereocenters. The number of amides is 1. The molecule has 1 aromatic rings. The van der Waals surface area contributed by atoms with Crippen LogP contribution in [0.1, 0.15) is 39.2 Å². The van der Waals surface area contributed by atoms with Crippen molar-refractivity contribution in [1.29, 1.82) is 0 Å². The van der Waals surface area contributed by atoms with Gasteiger partial charge in [-0.3, -0.25) is 4.79 Å². The summed E-state index contributed by atoms with van der Waals surface area (Å²) in [7, 11) is 1.56. The zero-order valence-corrected chi connectivity index (χ0v) is 13.9. The van der Waals surface area contributed by atoms with Crippen LogP contribution in [0.2, 0.25) is 0 Å². The Labute approximate surface area is 131 Å². The van der Waals surface area contributed by atoms with E-state index in [1.165, 1.54) is 4.90 Å². The summed E-state index contributed by atoms with van der Waals surface area (Å²) in [5, 5.41) is 9.49. The van der Waals surface area contributed by atoms with Crippen LogP contribution in [0, 0.1) is 5.92 Å². The summed E-state index contributed by atoms with van der Waals surface area (Å²) >= 11 is 0. The Morgan fingerprint density at radius 1 is 1.23 bits per heavy atom. The summed E-state index contributed by atoms with van der Waals surface area (Å²) in [6.07, 6.45) is -0.515. The molecule has 0 heterocycles. The highest BCUT2D eigenvalue weighted by Gasteiger charge is 2.30. The molecule has 1 rings (SSSR count). The summed E-state index contributed by atoms with van der Waals surface area (Å²) < 4.78 is 5.26. The van der Waals surface area contributed by atoms with Crippen LogP contribution >= 0.6 is 0 Å². The number of hydrogen-bond acceptors (Lipinski definition) is 3. The molecule has 0 saturated carbocycles. The molecule has 2 atom stereocenters. The van der Waals surface area contributed by atoms with Gasteiger partial charge in [-0.15, -0.1) is 0 Å². The molecule has 0 bridgehead atoms. The molecule has 0 spiro atoms. The van der Waals surface area contributed by atoms with Crippen LogP contribution in [0.25, 0.3) is 0 Å². The lowest BCUT2D eigenvalue weighted by molar-refractivity contribution is -0.142. The average molecular weight is 307 g/mol. The summed E-state index contributed by atoms with van der Waals surface area (Å²) in [5.74, 6) is -1.82. The maximum absolute atomic E-state index is 12.0. The molecule has 0 aliphatic carbocycles. The van der Waals surface area contributed by atoms with Crippen LogP contribution in [-0.4, -0.2) is 41.3 Å². The number of rotatable bonds is 5. The number of aliphatic carboxylic acids is 1. The van der Waals surface area contributed by atoms with E-state index in [2.05, 4.69) is 0 Å². The molecule has 0 fully saturated rings. The lowest BCUT2D eigenvalue weighted by atomic mass is 9.87. The van der Waals surface area contributed by atoms with Gasteiger partial charge >= 0.3 is 12.1 Å². The van der Waals surface area contributed by atoms with Crippen molar-refractivity contribution in [2.45, 2.75) is 39.2 Å². The molecule has 1 amide bonds. The number of carboxylic acid groups (broad SMARTS) is 1. The topological polar surface area (TPSA) is 66.8 Å². The molecular formula is C17H25NO4. The average Bonchev–Trinajstić information content (AvgIpc) is 2.42. The molecule has 0 aliphatic heterocycles. The second kappa shape index (κ2) is 7.29. The van der Waals surface area contributed by atoms with E-state index < -0.39 is 23.6 Å². The van der Waals surface area contributed by atoms with Gasteiger partial charge in [0.05, 0.1) is 5.92 Å². The Balaban J connectivity index is 2.80. The minimum absolute atomic E-state index is 0.0975. The first-order valence-electron chi connectivity index (χ1n) is 7.33. The number of nitrogens with zero attached hydrogens (tertiary/aromatic N) is 1. The van der Waals surface area contributed by atoms with Crippen molar-refractivity contribution in [3.05, 3.63) is 35.9 Å². The SMILES string of the molecule is C[C@@H](c1ccccc1)[C@@H](CN(C)C(=O)OC(C)(C)C)C(=O)O. The van der Waals surface area contributed by atoms with Crippen LogP contribution in [0.5, 0.6) is 0 Å². The van der Waals surface area contributed by atoms with Crippen LogP contribution in [0.4, 0.5) is 4.79 Å². The monoisotopic (exact) mass is 307 g/mol. The lowest BCUT2D eigenvalue weighted by Gasteiger charge is -2.28. The van der Waals surface area contributed by atoms with Gasteiger partial charge in [0, 0.05) is 13.6 Å². The van der Waals surface area contributed by atoms with Gasteiger partial charge < -0.3 is 14.7 Å². The Morgan fingerprint density at radius 2 is 1.77 bits per heavy atom. The van der Waals surface area contributed by atoms with E-state index in [1.807, 2.05) is 37.3 Å². The summed E-state index contributed by atoms with van der Waals surface area (Å²) in [6.45, 7) is 7.29. The third kappa shape index (κ3) is 5.39. The zero-order chi connectivity index (χ0) is 16.9. The molecule has 122 valence electrons. The first-order valence-corrected chi connectivity index (χ1v) is 7.33. The van der Waals surface area contributed by atoms with E-state index in [4.69, 9.17) is 4.74 Å². The standard InChI is InChI=1S/C17H25NO4/c1-12(13-9-7-6-8-10-13)14(15(19)20)11-18(5)16(21)22-17(2,3)4/h6-10,12,14H,11H2,1-5H3,(H,19,20)/t12-,14+/m0/s1. The normalized spacial score (nSPS) is 14.0. The van der Waals surface area contributed by atoms with E-state index in [-0.39, 0.29) is 12.5 Å². The third-order valence-corrected chi connectivity index (χ3v) is 3.42. The fraction of sp³-hybridized carbons (Fsp3) is 0.529. The van der Waals surface area contributed by atoms with Crippen molar-refractivity contribution in [2.24, 2.45) is 5.92 Å². The number of carbonyl (C=O) groups is 2. The van der Waals surface area contributed by atoms with Crippen molar-refractivity contribution in [3.8, 4) is 0 Å². The highest BCUT2D eigenvalue weighted by molar-refractivity contribution is 5.73. The van der Waals surface area contributed by atoms with Gasteiger partial charge in [0.25, 0.3) is 0 Å². The fourth-order valence-electron chi connectivity index (χ4n) is 2.15. The molecule has 1 aromatic carbocycles. The van der Waals surface area contributed by atoms with Crippen molar-refractivity contribution in [2.75, 3.05) is 13.6 Å². The van der Waals surface area contributed by atoms with E-state index in [9.17, 15) is 14.7 Å². The smallest absolute Gasteiger partial charge is 0.410 e. The van der Waals surface area contributed by atoms with Gasteiger partial charge in [0.15, 0.2) is 0 Å². The highest BCUT2D eigenvalue weighted by Crippen LogP contribution is 2.25. The lowest BCUT2D eigenvalue weighted by Crippen LogP contribution is -2.40. The predicted octanol–water partition coefficient (Wildman–Crippen LogP) is 3.36. The third-order valence-electron chi connectivity index (χ3n) is 3.42. The second-order valence-corrected chi connectivity index (χ2v) is 6.50. The van der Waals surface area contributed by atoms with E-state index in [1.54, 1.807) is 27.8 Å². The molecule has 1 N–H and O–H groups in total. The summed E-state index contributed by atoms with van der Waals surface area (Å²) in [4.78, 5) is 24.9. The van der Waals surface area contributed by atoms with Crippen LogP contribution < -0.4 is 0 Å². The van der Waals surface area contributed by atoms with Gasteiger partial charge in [-0.25, -0.2) is 4.79 Å². The number of carboxylic acids is 1. The summed E-state index contributed by atoms with van der Waals surface area (Å²) in [5.41, 5.74) is 0.335. The Kier molecular flexibility index (Phi) is 5.97. The maximum Gasteiger partial charge on any atom is 0.410 e. The molecule has 0 aliphatic rings. The fourth-order valence-corrected chi connectivity index (χ4v) is 2.15. The van der Waals surface area contributed by atoms with Crippen molar-refractivity contribution in [3.63, 3.8) is 0 Å². The van der Waals surface area contributed by atoms with Crippen LogP contribution in [0.15, 0.2) is 30.3 Å². The molecule has 5 heteroatoms. The number of benzene rings is 1. The first-order chi connectivity index (χ1) is 10.1. The predicted molar refractivity (Wildman–Crippen MR) is 84.8 cm³/mol. The van der Waals surface area contributed by atoms with Gasteiger partial charge in [0.2, 0.25) is 0 Å². The molecule has 5 nitrogen and oxygen atoms in total. The van der Waals surface area contributed by atoms with E-state index in [0.717, 1.165) is 5.56 Å². The minimum atomic E-state index is -0.924. The molecule has 22 heavy (non-hydrogen) atoms.